The number of benzene rings is 1. The van der Waals surface area contributed by atoms with E-state index >= 15 is 0 Å². The molecule has 0 unspecified atom stereocenters. The molecule has 1 saturated heterocycles. The zero-order valence-electron chi connectivity index (χ0n) is 14.4. The maximum atomic E-state index is 12.6. The molecule has 8 nitrogen and oxygen atoms in total. The Labute approximate surface area is 147 Å². The second-order valence-electron chi connectivity index (χ2n) is 6.34. The summed E-state index contributed by atoms with van der Waals surface area (Å²) < 4.78 is 38.0. The third kappa shape index (κ3) is 3.88. The molecule has 0 bridgehead atoms. The number of amides is 1. The number of carbonyl (C=O) groups is 1. The average molecular weight is 369 g/mol. The van der Waals surface area contributed by atoms with Gasteiger partial charge in [-0.15, -0.1) is 0 Å². The minimum Gasteiger partial charge on any atom is -0.486 e. The lowest BCUT2D eigenvalue weighted by atomic mass is 9.98. The molecule has 0 aromatic heterocycles. The van der Waals surface area contributed by atoms with E-state index in [0.717, 1.165) is 0 Å². The summed E-state index contributed by atoms with van der Waals surface area (Å²) in [7, 11) is -0.513. The Kier molecular flexibility index (Phi) is 5.16. The standard InChI is InChI=1S/C16H23N3O5S/c1-18(2)25(21,22)19-7-3-4-12(11-19)16(20)17-13-5-6-14-15(10-13)24-9-8-23-14/h5-6,10,12H,3-4,7-9,11H2,1-2H3,(H,17,20)/t12-/m1/s1. The highest BCUT2D eigenvalue weighted by molar-refractivity contribution is 7.86. The number of anilines is 1. The Balaban J connectivity index is 1.67. The van der Waals surface area contributed by atoms with Crippen molar-refractivity contribution in [3.8, 4) is 11.5 Å². The molecule has 3 rings (SSSR count). The summed E-state index contributed by atoms with van der Waals surface area (Å²) in [4.78, 5) is 12.6. The molecule has 0 spiro atoms. The zero-order chi connectivity index (χ0) is 18.0. The van der Waals surface area contributed by atoms with Gasteiger partial charge in [0.05, 0.1) is 5.92 Å². The van der Waals surface area contributed by atoms with Crippen molar-refractivity contribution in [2.45, 2.75) is 12.8 Å². The number of hydrogen-bond donors (Lipinski definition) is 1. The fourth-order valence-electron chi connectivity index (χ4n) is 2.96. The molecule has 2 aliphatic rings. The monoisotopic (exact) mass is 369 g/mol. The van der Waals surface area contributed by atoms with Crippen molar-refractivity contribution in [1.82, 2.24) is 8.61 Å². The van der Waals surface area contributed by atoms with E-state index in [1.54, 1.807) is 18.2 Å². The molecule has 1 atom stereocenters. The Morgan fingerprint density at radius 2 is 1.96 bits per heavy atom. The minimum atomic E-state index is -3.50. The van der Waals surface area contributed by atoms with Crippen LogP contribution in [0.4, 0.5) is 5.69 Å². The summed E-state index contributed by atoms with van der Waals surface area (Å²) in [5.74, 6) is 0.696. The molecule has 1 amide bonds. The van der Waals surface area contributed by atoms with Crippen LogP contribution >= 0.6 is 0 Å². The van der Waals surface area contributed by atoms with Crippen molar-refractivity contribution in [1.29, 1.82) is 0 Å². The molecular weight excluding hydrogens is 346 g/mol. The smallest absolute Gasteiger partial charge is 0.281 e. The van der Waals surface area contributed by atoms with Crippen LogP contribution in [-0.4, -0.2) is 63.3 Å². The summed E-state index contributed by atoms with van der Waals surface area (Å²) in [5, 5.41) is 2.85. The third-order valence-electron chi connectivity index (χ3n) is 4.35. The molecule has 1 aromatic rings. The molecule has 1 fully saturated rings. The van der Waals surface area contributed by atoms with E-state index < -0.39 is 10.2 Å². The number of rotatable bonds is 4. The Hall–Kier alpha value is -1.84. The van der Waals surface area contributed by atoms with Crippen molar-refractivity contribution in [3.63, 3.8) is 0 Å². The van der Waals surface area contributed by atoms with E-state index in [1.165, 1.54) is 22.7 Å². The van der Waals surface area contributed by atoms with Crippen LogP contribution in [-0.2, 0) is 15.0 Å². The van der Waals surface area contributed by atoms with Crippen LogP contribution < -0.4 is 14.8 Å². The summed E-state index contributed by atoms with van der Waals surface area (Å²) in [6, 6.07) is 5.24. The quantitative estimate of drug-likeness (QED) is 0.852. The number of ether oxygens (including phenoxy) is 2. The van der Waals surface area contributed by atoms with E-state index in [4.69, 9.17) is 9.47 Å². The average Bonchev–Trinajstić information content (AvgIpc) is 2.61. The largest absolute Gasteiger partial charge is 0.486 e. The number of carbonyl (C=O) groups excluding carboxylic acids is 1. The molecule has 0 aliphatic carbocycles. The van der Waals surface area contributed by atoms with Gasteiger partial charge < -0.3 is 14.8 Å². The highest BCUT2D eigenvalue weighted by Gasteiger charge is 2.33. The van der Waals surface area contributed by atoms with Gasteiger partial charge in [0.15, 0.2) is 11.5 Å². The fraction of sp³-hybridized carbons (Fsp3) is 0.562. The minimum absolute atomic E-state index is 0.185. The second-order valence-corrected chi connectivity index (χ2v) is 8.48. The van der Waals surface area contributed by atoms with Gasteiger partial charge in [-0.05, 0) is 25.0 Å². The van der Waals surface area contributed by atoms with E-state index in [9.17, 15) is 13.2 Å². The van der Waals surface area contributed by atoms with Crippen LogP contribution in [0, 0.1) is 5.92 Å². The molecule has 1 N–H and O–H groups in total. The van der Waals surface area contributed by atoms with Crippen LogP contribution in [0.15, 0.2) is 18.2 Å². The van der Waals surface area contributed by atoms with Gasteiger partial charge >= 0.3 is 0 Å². The molecule has 138 valence electrons. The molecule has 0 radical (unpaired) electrons. The van der Waals surface area contributed by atoms with Crippen LogP contribution in [0.3, 0.4) is 0 Å². The molecule has 25 heavy (non-hydrogen) atoms. The van der Waals surface area contributed by atoms with Gasteiger partial charge in [-0.2, -0.15) is 17.0 Å². The molecule has 2 heterocycles. The normalized spacial score (nSPS) is 21.2. The first-order valence-corrected chi connectivity index (χ1v) is 9.66. The van der Waals surface area contributed by atoms with Crippen molar-refractivity contribution in [2.24, 2.45) is 5.92 Å². The Morgan fingerprint density at radius 3 is 2.68 bits per heavy atom. The molecule has 9 heteroatoms. The third-order valence-corrected chi connectivity index (χ3v) is 6.26. The summed E-state index contributed by atoms with van der Waals surface area (Å²) in [5.41, 5.74) is 0.613. The van der Waals surface area contributed by atoms with Gasteiger partial charge in [-0.3, -0.25) is 4.79 Å². The van der Waals surface area contributed by atoms with E-state index in [0.29, 0.717) is 49.8 Å². The Bertz CT molecular complexity index is 750. The van der Waals surface area contributed by atoms with Gasteiger partial charge in [0.25, 0.3) is 10.2 Å². The molecule has 1 aromatic carbocycles. The van der Waals surface area contributed by atoms with Gasteiger partial charge in [0.2, 0.25) is 5.91 Å². The van der Waals surface area contributed by atoms with Crippen LogP contribution in [0.5, 0.6) is 11.5 Å². The predicted octanol–water partition coefficient (Wildman–Crippen LogP) is 0.915. The highest BCUT2D eigenvalue weighted by atomic mass is 32.2. The van der Waals surface area contributed by atoms with Crippen molar-refractivity contribution in [3.05, 3.63) is 18.2 Å². The Morgan fingerprint density at radius 1 is 1.24 bits per heavy atom. The number of piperidine rings is 1. The lowest BCUT2D eigenvalue weighted by molar-refractivity contribution is -0.120. The number of fused-ring (bicyclic) bond motifs is 1. The maximum absolute atomic E-state index is 12.6. The maximum Gasteiger partial charge on any atom is 0.281 e. The molecule has 2 aliphatic heterocycles. The lowest BCUT2D eigenvalue weighted by Crippen LogP contribution is -2.47. The van der Waals surface area contributed by atoms with E-state index in [-0.39, 0.29) is 18.4 Å². The zero-order valence-corrected chi connectivity index (χ0v) is 15.2. The van der Waals surface area contributed by atoms with Crippen LogP contribution in [0.1, 0.15) is 12.8 Å². The van der Waals surface area contributed by atoms with Crippen molar-refractivity contribution >= 4 is 21.8 Å². The lowest BCUT2D eigenvalue weighted by Gasteiger charge is -2.32. The number of nitrogens with one attached hydrogen (secondary N) is 1. The first kappa shape index (κ1) is 18.0. The van der Waals surface area contributed by atoms with Crippen molar-refractivity contribution in [2.75, 3.05) is 45.7 Å². The highest BCUT2D eigenvalue weighted by Crippen LogP contribution is 2.33. The van der Waals surface area contributed by atoms with Crippen LogP contribution in [0.2, 0.25) is 0 Å². The van der Waals surface area contributed by atoms with Crippen LogP contribution in [0.25, 0.3) is 0 Å². The van der Waals surface area contributed by atoms with Gasteiger partial charge in [0.1, 0.15) is 13.2 Å². The summed E-state index contributed by atoms with van der Waals surface area (Å²) >= 11 is 0. The number of hydrogen-bond acceptors (Lipinski definition) is 5. The first-order chi connectivity index (χ1) is 11.9. The SMILES string of the molecule is CN(C)S(=O)(=O)N1CCC[C@@H](C(=O)Nc2ccc3c(c2)OCCO3)C1. The summed E-state index contributed by atoms with van der Waals surface area (Å²) in [6.07, 6.45) is 1.32. The number of nitrogens with zero attached hydrogens (tertiary/aromatic N) is 2. The van der Waals surface area contributed by atoms with Crippen molar-refractivity contribution < 1.29 is 22.7 Å². The second kappa shape index (κ2) is 7.19. The predicted molar refractivity (Wildman–Crippen MR) is 93.0 cm³/mol. The van der Waals surface area contributed by atoms with E-state index in [1.807, 2.05) is 0 Å². The fourth-order valence-corrected chi connectivity index (χ4v) is 4.15. The molecular formula is C16H23N3O5S. The van der Waals surface area contributed by atoms with Gasteiger partial charge in [-0.1, -0.05) is 0 Å². The van der Waals surface area contributed by atoms with E-state index in [2.05, 4.69) is 5.32 Å². The first-order valence-electron chi connectivity index (χ1n) is 8.26. The topological polar surface area (TPSA) is 88.2 Å². The molecule has 0 saturated carbocycles. The van der Waals surface area contributed by atoms with Gasteiger partial charge in [-0.25, -0.2) is 0 Å². The van der Waals surface area contributed by atoms with Gasteiger partial charge in [0, 0.05) is 38.9 Å². The summed E-state index contributed by atoms with van der Waals surface area (Å²) in [6.45, 7) is 1.62.